The highest BCUT2D eigenvalue weighted by molar-refractivity contribution is 6.46. The molecule has 1 aliphatic rings. The van der Waals surface area contributed by atoms with Gasteiger partial charge in [-0.3, -0.25) is 9.59 Å². The first-order valence-electron chi connectivity index (χ1n) is 9.23. The Kier molecular flexibility index (Phi) is 5.14. The number of amides is 1. The average Bonchev–Trinajstić information content (AvgIpc) is 3.34. The zero-order valence-electron chi connectivity index (χ0n) is 15.7. The summed E-state index contributed by atoms with van der Waals surface area (Å²) in [6, 6.07) is 9.42. The molecule has 0 saturated carbocycles. The zero-order valence-corrected chi connectivity index (χ0v) is 15.7. The molecule has 0 unspecified atom stereocenters. The van der Waals surface area contributed by atoms with Crippen molar-refractivity contribution in [2.75, 3.05) is 6.54 Å². The number of nitrogens with one attached hydrogen (secondary N) is 1. The van der Waals surface area contributed by atoms with E-state index in [1.807, 2.05) is 0 Å². The zero-order chi connectivity index (χ0) is 21.3. The number of aliphatic hydroxyl groups excluding tert-OH is 1. The third-order valence-corrected chi connectivity index (χ3v) is 5.02. The summed E-state index contributed by atoms with van der Waals surface area (Å²) < 4.78 is 26.7. The fraction of sp³-hybridized carbons (Fsp3) is 0.136. The lowest BCUT2D eigenvalue weighted by Crippen LogP contribution is -2.31. The molecule has 1 fully saturated rings. The van der Waals surface area contributed by atoms with Crippen molar-refractivity contribution in [1.82, 2.24) is 14.9 Å². The van der Waals surface area contributed by atoms with Crippen LogP contribution in [0.1, 0.15) is 22.9 Å². The lowest BCUT2D eigenvalue weighted by atomic mass is 9.95. The van der Waals surface area contributed by atoms with Crippen LogP contribution < -0.4 is 0 Å². The molecule has 1 amide bonds. The van der Waals surface area contributed by atoms with Gasteiger partial charge in [-0.2, -0.15) is 0 Å². The quantitative estimate of drug-likeness (QED) is 0.384. The fourth-order valence-corrected chi connectivity index (χ4v) is 3.53. The van der Waals surface area contributed by atoms with E-state index in [1.54, 1.807) is 6.20 Å². The van der Waals surface area contributed by atoms with E-state index in [9.17, 15) is 23.5 Å². The molecule has 0 aliphatic carbocycles. The topological polar surface area (TPSA) is 86.3 Å². The number of likely N-dealkylation sites (tertiary alicyclic amines) is 1. The highest BCUT2D eigenvalue weighted by atomic mass is 19.1. The van der Waals surface area contributed by atoms with Gasteiger partial charge in [-0.05, 0) is 42.0 Å². The summed E-state index contributed by atoms with van der Waals surface area (Å²) in [6.07, 6.45) is 3.53. The highest BCUT2D eigenvalue weighted by Crippen LogP contribution is 2.39. The molecule has 1 aromatic heterocycles. The number of imidazole rings is 1. The molecular weight excluding hydrogens is 392 g/mol. The Labute approximate surface area is 170 Å². The van der Waals surface area contributed by atoms with Gasteiger partial charge in [0.2, 0.25) is 0 Å². The third-order valence-electron chi connectivity index (χ3n) is 5.02. The van der Waals surface area contributed by atoms with E-state index in [0.29, 0.717) is 12.0 Å². The number of aromatic amines is 1. The Bertz CT molecular complexity index is 1110. The molecule has 2 heterocycles. The lowest BCUT2D eigenvalue weighted by Gasteiger charge is -2.25. The summed E-state index contributed by atoms with van der Waals surface area (Å²) in [4.78, 5) is 33.8. The molecule has 30 heavy (non-hydrogen) atoms. The Morgan fingerprint density at radius 2 is 1.67 bits per heavy atom. The van der Waals surface area contributed by atoms with Crippen LogP contribution in [0, 0.1) is 11.6 Å². The Morgan fingerprint density at radius 1 is 1.03 bits per heavy atom. The van der Waals surface area contributed by atoms with Gasteiger partial charge in [0, 0.05) is 30.4 Å². The predicted molar refractivity (Wildman–Crippen MR) is 104 cm³/mol. The van der Waals surface area contributed by atoms with Crippen molar-refractivity contribution in [3.63, 3.8) is 0 Å². The maximum absolute atomic E-state index is 13.5. The van der Waals surface area contributed by atoms with E-state index < -0.39 is 35.1 Å². The number of aromatic nitrogens is 2. The van der Waals surface area contributed by atoms with Crippen molar-refractivity contribution in [2.24, 2.45) is 0 Å². The molecule has 2 aromatic carbocycles. The molecule has 1 atom stereocenters. The Balaban J connectivity index is 1.79. The minimum absolute atomic E-state index is 0.122. The van der Waals surface area contributed by atoms with Gasteiger partial charge in [0.1, 0.15) is 17.4 Å². The molecule has 8 heteroatoms. The minimum Gasteiger partial charge on any atom is -0.507 e. The van der Waals surface area contributed by atoms with Crippen LogP contribution in [-0.2, 0) is 16.0 Å². The molecule has 152 valence electrons. The molecule has 0 radical (unpaired) electrons. The first-order chi connectivity index (χ1) is 14.5. The second kappa shape index (κ2) is 7.90. The van der Waals surface area contributed by atoms with Crippen LogP contribution in [0.4, 0.5) is 8.78 Å². The van der Waals surface area contributed by atoms with Crippen LogP contribution >= 0.6 is 0 Å². The molecule has 4 rings (SSSR count). The van der Waals surface area contributed by atoms with Crippen LogP contribution in [0.2, 0.25) is 0 Å². The number of carbonyl (C=O) groups is 2. The molecular formula is C22H17F2N3O3. The van der Waals surface area contributed by atoms with Gasteiger partial charge in [0.05, 0.1) is 17.9 Å². The van der Waals surface area contributed by atoms with Crippen molar-refractivity contribution in [1.29, 1.82) is 0 Å². The molecule has 1 saturated heterocycles. The maximum atomic E-state index is 13.5. The van der Waals surface area contributed by atoms with Crippen molar-refractivity contribution < 1.29 is 23.5 Å². The number of Topliss-reactive ketones (excluding diaryl/α,β-unsaturated/α-hetero) is 1. The number of H-pyrrole nitrogens is 1. The molecule has 3 aromatic rings. The van der Waals surface area contributed by atoms with Gasteiger partial charge < -0.3 is 15.0 Å². The van der Waals surface area contributed by atoms with E-state index >= 15 is 0 Å². The molecule has 0 bridgehead atoms. The second-order valence-corrected chi connectivity index (χ2v) is 6.88. The smallest absolute Gasteiger partial charge is 0.295 e. The number of halogens is 2. The van der Waals surface area contributed by atoms with Gasteiger partial charge in [-0.15, -0.1) is 0 Å². The number of nitrogens with zero attached hydrogens (tertiary/aromatic N) is 2. The van der Waals surface area contributed by atoms with Crippen molar-refractivity contribution >= 4 is 17.4 Å². The van der Waals surface area contributed by atoms with E-state index in [-0.39, 0.29) is 17.7 Å². The first-order valence-corrected chi connectivity index (χ1v) is 9.23. The molecule has 6 nitrogen and oxygen atoms in total. The summed E-state index contributed by atoms with van der Waals surface area (Å²) in [6.45, 7) is 0.176. The molecule has 2 N–H and O–H groups in total. The lowest BCUT2D eigenvalue weighted by molar-refractivity contribution is -0.139. The van der Waals surface area contributed by atoms with Gasteiger partial charge in [-0.25, -0.2) is 13.8 Å². The van der Waals surface area contributed by atoms with E-state index in [4.69, 9.17) is 0 Å². The largest absolute Gasteiger partial charge is 0.507 e. The van der Waals surface area contributed by atoms with Gasteiger partial charge in [0.25, 0.3) is 11.7 Å². The normalized spacial score (nSPS) is 18.2. The van der Waals surface area contributed by atoms with Crippen LogP contribution in [0.25, 0.3) is 5.76 Å². The van der Waals surface area contributed by atoms with Crippen LogP contribution in [0.3, 0.4) is 0 Å². The standard InChI is InChI=1S/C22H17F2N3O3/c23-15-5-1-13(2-6-15)19-18(20(28)14-3-7-16(24)8-4-14)21(29)22(30)27(19)10-9-17-11-25-12-26-17/h1-8,11-12,19,28H,9-10H2,(H,25,26)/t19-/m0/s1. The third kappa shape index (κ3) is 3.59. The first kappa shape index (κ1) is 19.5. The number of hydrogen-bond donors (Lipinski definition) is 2. The SMILES string of the molecule is O=C1C(=O)N(CCc2cnc[nH]2)[C@@H](c2ccc(F)cc2)C1=C(O)c1ccc(F)cc1. The van der Waals surface area contributed by atoms with Crippen molar-refractivity contribution in [2.45, 2.75) is 12.5 Å². The predicted octanol–water partition coefficient (Wildman–Crippen LogP) is 3.35. The molecule has 0 spiro atoms. The highest BCUT2D eigenvalue weighted by Gasteiger charge is 2.45. The minimum atomic E-state index is -0.904. The Morgan fingerprint density at radius 3 is 2.27 bits per heavy atom. The van der Waals surface area contributed by atoms with Crippen LogP contribution in [-0.4, -0.2) is 38.2 Å². The van der Waals surface area contributed by atoms with Crippen molar-refractivity contribution in [3.05, 3.63) is 95.1 Å². The summed E-state index contributed by atoms with van der Waals surface area (Å²) in [5, 5.41) is 10.8. The Hall–Kier alpha value is -3.81. The average molecular weight is 409 g/mol. The van der Waals surface area contributed by atoms with Gasteiger partial charge in [-0.1, -0.05) is 12.1 Å². The van der Waals surface area contributed by atoms with Crippen LogP contribution in [0.15, 0.2) is 66.6 Å². The summed E-state index contributed by atoms with van der Waals surface area (Å²) in [5.41, 5.74) is 1.33. The number of rotatable bonds is 5. The number of hydrogen-bond acceptors (Lipinski definition) is 4. The van der Waals surface area contributed by atoms with Gasteiger partial charge >= 0.3 is 0 Å². The summed E-state index contributed by atoms with van der Waals surface area (Å²) in [7, 11) is 0. The van der Waals surface area contributed by atoms with E-state index in [2.05, 4.69) is 9.97 Å². The summed E-state index contributed by atoms with van der Waals surface area (Å²) >= 11 is 0. The second-order valence-electron chi connectivity index (χ2n) is 6.88. The number of ketones is 1. The monoisotopic (exact) mass is 409 g/mol. The fourth-order valence-electron chi connectivity index (χ4n) is 3.53. The number of aliphatic hydroxyl groups is 1. The molecule has 1 aliphatic heterocycles. The van der Waals surface area contributed by atoms with Crippen LogP contribution in [0.5, 0.6) is 0 Å². The maximum Gasteiger partial charge on any atom is 0.295 e. The van der Waals surface area contributed by atoms with E-state index in [1.165, 1.54) is 47.6 Å². The van der Waals surface area contributed by atoms with Gasteiger partial charge in [0.15, 0.2) is 0 Å². The summed E-state index contributed by atoms with van der Waals surface area (Å²) in [5.74, 6) is -3.00. The van der Waals surface area contributed by atoms with Crippen molar-refractivity contribution in [3.8, 4) is 0 Å². The number of benzene rings is 2. The number of carbonyl (C=O) groups excluding carboxylic acids is 2. The van der Waals surface area contributed by atoms with E-state index in [0.717, 1.165) is 17.8 Å².